The van der Waals surface area contributed by atoms with Gasteiger partial charge in [-0.3, -0.25) is 4.68 Å². The summed E-state index contributed by atoms with van der Waals surface area (Å²) in [6, 6.07) is 14.1. The standard InChI is InChI=1S/C21H17ClN4O4/c1-14-24-20(30-25-14)13-28-17-6-8-18(9-7-17)29-21(27)16-10-23-26(12-16)11-15-4-2-3-5-19(15)22/h2-10,12H,11,13H2,1H3. The van der Waals surface area contributed by atoms with Gasteiger partial charge < -0.3 is 14.0 Å². The van der Waals surface area contributed by atoms with Crippen LogP contribution >= 0.6 is 11.6 Å². The zero-order valence-electron chi connectivity index (χ0n) is 16.0. The fourth-order valence-electron chi connectivity index (χ4n) is 2.67. The third kappa shape index (κ3) is 4.84. The molecule has 0 unspecified atom stereocenters. The number of carbonyl (C=O) groups is 1. The van der Waals surface area contributed by atoms with Gasteiger partial charge in [0.05, 0.1) is 18.3 Å². The summed E-state index contributed by atoms with van der Waals surface area (Å²) in [6.45, 7) is 2.35. The van der Waals surface area contributed by atoms with Gasteiger partial charge in [0.25, 0.3) is 5.89 Å². The predicted molar refractivity (Wildman–Crippen MR) is 108 cm³/mol. The maximum atomic E-state index is 12.4. The van der Waals surface area contributed by atoms with Gasteiger partial charge in [0, 0.05) is 11.2 Å². The summed E-state index contributed by atoms with van der Waals surface area (Å²) in [5, 5.41) is 8.55. The third-order valence-electron chi connectivity index (χ3n) is 4.13. The van der Waals surface area contributed by atoms with Crippen molar-refractivity contribution in [2.24, 2.45) is 0 Å². The fourth-order valence-corrected chi connectivity index (χ4v) is 2.87. The number of carbonyl (C=O) groups excluding carboxylic acids is 1. The Morgan fingerprint density at radius 2 is 1.90 bits per heavy atom. The number of esters is 1. The van der Waals surface area contributed by atoms with E-state index in [1.54, 1.807) is 42.1 Å². The van der Waals surface area contributed by atoms with E-state index in [-0.39, 0.29) is 6.61 Å². The minimum absolute atomic E-state index is 0.157. The van der Waals surface area contributed by atoms with Gasteiger partial charge in [-0.05, 0) is 42.8 Å². The van der Waals surface area contributed by atoms with Crippen LogP contribution in [-0.2, 0) is 13.2 Å². The van der Waals surface area contributed by atoms with Gasteiger partial charge in [-0.25, -0.2) is 4.79 Å². The van der Waals surface area contributed by atoms with Gasteiger partial charge in [-0.2, -0.15) is 10.1 Å². The number of halogens is 1. The van der Waals surface area contributed by atoms with Crippen molar-refractivity contribution < 1.29 is 18.8 Å². The third-order valence-corrected chi connectivity index (χ3v) is 4.49. The number of hydrogen-bond acceptors (Lipinski definition) is 7. The van der Waals surface area contributed by atoms with Gasteiger partial charge in [0.15, 0.2) is 12.4 Å². The molecule has 0 atom stereocenters. The molecule has 2 aromatic heterocycles. The van der Waals surface area contributed by atoms with Crippen LogP contribution in [0.2, 0.25) is 5.02 Å². The molecule has 0 aliphatic rings. The first kappa shape index (κ1) is 19.7. The van der Waals surface area contributed by atoms with Gasteiger partial charge in [0.2, 0.25) is 0 Å². The number of benzene rings is 2. The van der Waals surface area contributed by atoms with Crippen LogP contribution in [-0.4, -0.2) is 25.9 Å². The van der Waals surface area contributed by atoms with E-state index >= 15 is 0 Å². The van der Waals surface area contributed by atoms with Crippen molar-refractivity contribution in [2.75, 3.05) is 0 Å². The number of hydrogen-bond donors (Lipinski definition) is 0. The van der Waals surface area contributed by atoms with E-state index in [4.69, 9.17) is 25.6 Å². The monoisotopic (exact) mass is 424 g/mol. The normalized spacial score (nSPS) is 10.7. The van der Waals surface area contributed by atoms with Crippen molar-refractivity contribution in [3.63, 3.8) is 0 Å². The van der Waals surface area contributed by atoms with Gasteiger partial charge in [0.1, 0.15) is 11.5 Å². The van der Waals surface area contributed by atoms with Crippen molar-refractivity contribution in [1.82, 2.24) is 19.9 Å². The van der Waals surface area contributed by atoms with Crippen molar-refractivity contribution in [2.45, 2.75) is 20.1 Å². The quantitative estimate of drug-likeness (QED) is 0.326. The molecule has 0 aliphatic heterocycles. The Hall–Kier alpha value is -3.65. The Labute approximate surface area is 177 Å². The molecule has 4 rings (SSSR count). The lowest BCUT2D eigenvalue weighted by atomic mass is 10.2. The van der Waals surface area contributed by atoms with E-state index in [1.165, 1.54) is 6.20 Å². The van der Waals surface area contributed by atoms with Crippen LogP contribution in [0.5, 0.6) is 11.5 Å². The molecular weight excluding hydrogens is 408 g/mol. The molecule has 0 amide bonds. The van der Waals surface area contributed by atoms with E-state index < -0.39 is 5.97 Å². The van der Waals surface area contributed by atoms with E-state index in [0.29, 0.717) is 40.3 Å². The number of nitrogens with zero attached hydrogens (tertiary/aromatic N) is 4. The Morgan fingerprint density at radius 3 is 2.63 bits per heavy atom. The molecule has 2 aromatic carbocycles. The largest absolute Gasteiger partial charge is 0.484 e. The molecule has 0 N–H and O–H groups in total. The first-order valence-electron chi connectivity index (χ1n) is 9.07. The average Bonchev–Trinajstić information content (AvgIpc) is 3.38. The molecule has 30 heavy (non-hydrogen) atoms. The summed E-state index contributed by atoms with van der Waals surface area (Å²) in [7, 11) is 0. The predicted octanol–water partition coefficient (Wildman–Crippen LogP) is 4.07. The van der Waals surface area contributed by atoms with E-state index in [9.17, 15) is 4.79 Å². The molecule has 0 saturated carbocycles. The molecule has 0 radical (unpaired) electrons. The molecule has 152 valence electrons. The second-order valence-corrected chi connectivity index (χ2v) is 6.81. The maximum absolute atomic E-state index is 12.4. The highest BCUT2D eigenvalue weighted by Gasteiger charge is 2.12. The summed E-state index contributed by atoms with van der Waals surface area (Å²) in [4.78, 5) is 16.4. The highest BCUT2D eigenvalue weighted by atomic mass is 35.5. The van der Waals surface area contributed by atoms with Crippen molar-refractivity contribution in [3.8, 4) is 11.5 Å². The van der Waals surface area contributed by atoms with Gasteiger partial charge in [-0.15, -0.1) is 0 Å². The lowest BCUT2D eigenvalue weighted by Gasteiger charge is -2.06. The van der Waals surface area contributed by atoms with Crippen LogP contribution in [0.15, 0.2) is 65.4 Å². The summed E-state index contributed by atoms with van der Waals surface area (Å²) in [5.41, 5.74) is 1.25. The van der Waals surface area contributed by atoms with Crippen LogP contribution in [0.3, 0.4) is 0 Å². The molecule has 4 aromatic rings. The molecule has 0 fully saturated rings. The van der Waals surface area contributed by atoms with Gasteiger partial charge >= 0.3 is 5.97 Å². The zero-order valence-corrected chi connectivity index (χ0v) is 16.7. The summed E-state index contributed by atoms with van der Waals surface area (Å²) in [6.07, 6.45) is 3.08. The average molecular weight is 425 g/mol. The molecule has 9 heteroatoms. The van der Waals surface area contributed by atoms with Gasteiger partial charge in [-0.1, -0.05) is 35.0 Å². The fraction of sp³-hybridized carbons (Fsp3) is 0.143. The minimum atomic E-state index is -0.504. The Kier molecular flexibility index (Phi) is 5.76. The van der Waals surface area contributed by atoms with Crippen LogP contribution < -0.4 is 9.47 Å². The molecular formula is C21H17ClN4O4. The van der Waals surface area contributed by atoms with Crippen LogP contribution in [0.25, 0.3) is 0 Å². The molecule has 8 nitrogen and oxygen atoms in total. The topological polar surface area (TPSA) is 92.3 Å². The molecule has 0 bridgehead atoms. The number of ether oxygens (including phenoxy) is 2. The molecule has 0 saturated heterocycles. The van der Waals surface area contributed by atoms with Crippen molar-refractivity contribution in [3.05, 3.63) is 88.8 Å². The number of aromatic nitrogens is 4. The second kappa shape index (κ2) is 8.79. The first-order valence-corrected chi connectivity index (χ1v) is 9.45. The SMILES string of the molecule is Cc1noc(COc2ccc(OC(=O)c3cnn(Cc4ccccc4Cl)c3)cc2)n1. The van der Waals surface area contributed by atoms with E-state index in [2.05, 4.69) is 15.2 Å². The van der Waals surface area contributed by atoms with Crippen LogP contribution in [0.1, 0.15) is 27.6 Å². The molecule has 2 heterocycles. The molecule has 0 spiro atoms. The summed E-state index contributed by atoms with van der Waals surface area (Å²) >= 11 is 6.17. The summed E-state index contributed by atoms with van der Waals surface area (Å²) < 4.78 is 17.6. The second-order valence-electron chi connectivity index (χ2n) is 6.40. The minimum Gasteiger partial charge on any atom is -0.484 e. The summed E-state index contributed by atoms with van der Waals surface area (Å²) in [5.74, 6) is 1.40. The maximum Gasteiger partial charge on any atom is 0.346 e. The smallest absolute Gasteiger partial charge is 0.346 e. The van der Waals surface area contributed by atoms with Crippen LogP contribution in [0.4, 0.5) is 0 Å². The zero-order chi connectivity index (χ0) is 20.9. The van der Waals surface area contributed by atoms with Crippen molar-refractivity contribution in [1.29, 1.82) is 0 Å². The molecule has 0 aliphatic carbocycles. The van der Waals surface area contributed by atoms with E-state index in [0.717, 1.165) is 5.56 Å². The number of aryl methyl sites for hydroxylation is 1. The van der Waals surface area contributed by atoms with Crippen molar-refractivity contribution >= 4 is 17.6 Å². The highest BCUT2D eigenvalue weighted by molar-refractivity contribution is 6.31. The Bertz CT molecular complexity index is 1150. The first-order chi connectivity index (χ1) is 14.6. The Balaban J connectivity index is 1.33. The van der Waals surface area contributed by atoms with Crippen LogP contribution in [0, 0.1) is 6.92 Å². The highest BCUT2D eigenvalue weighted by Crippen LogP contribution is 2.20. The van der Waals surface area contributed by atoms with E-state index in [1.807, 2.05) is 24.3 Å². The number of rotatable bonds is 7. The lowest BCUT2D eigenvalue weighted by Crippen LogP contribution is -2.08. The Morgan fingerprint density at radius 1 is 1.13 bits per heavy atom. The lowest BCUT2D eigenvalue weighted by molar-refractivity contribution is 0.0734.